The van der Waals surface area contributed by atoms with E-state index >= 15 is 0 Å². The molecule has 6 nitrogen and oxygen atoms in total. The Morgan fingerprint density at radius 1 is 1.15 bits per heavy atom. The number of fused-ring (bicyclic) bond motifs is 1. The minimum atomic E-state index is 0.695. The summed E-state index contributed by atoms with van der Waals surface area (Å²) in [4.78, 5) is 4.32. The van der Waals surface area contributed by atoms with Crippen LogP contribution in [0.15, 0.2) is 36.7 Å². The van der Waals surface area contributed by atoms with E-state index in [0.717, 1.165) is 5.82 Å². The molecule has 6 heteroatoms. The summed E-state index contributed by atoms with van der Waals surface area (Å²) in [6.45, 7) is 2.78. The third kappa shape index (κ3) is 2.27. The normalized spacial score (nSPS) is 10.7. The van der Waals surface area contributed by atoms with Crippen LogP contribution in [0.25, 0.3) is 5.65 Å². The quantitative estimate of drug-likeness (QED) is 0.758. The lowest BCUT2D eigenvalue weighted by molar-refractivity contribution is 1.07. The van der Waals surface area contributed by atoms with Gasteiger partial charge < -0.3 is 10.6 Å². The third-order valence-electron chi connectivity index (χ3n) is 3.13. The van der Waals surface area contributed by atoms with E-state index in [2.05, 4.69) is 57.0 Å². The highest BCUT2D eigenvalue weighted by molar-refractivity contribution is 5.64. The lowest BCUT2D eigenvalue weighted by Crippen LogP contribution is -2.04. The van der Waals surface area contributed by atoms with Gasteiger partial charge in [0.2, 0.25) is 11.6 Å². The first-order chi connectivity index (χ1) is 9.78. The van der Waals surface area contributed by atoms with Crippen molar-refractivity contribution in [2.24, 2.45) is 0 Å². The number of anilines is 2. The van der Waals surface area contributed by atoms with Crippen LogP contribution in [0, 0.1) is 6.92 Å². The second-order valence-electron chi connectivity index (χ2n) is 4.58. The Hall–Kier alpha value is -2.63. The summed E-state index contributed by atoms with van der Waals surface area (Å²) < 4.78 is 1.87. The molecule has 1 aromatic carbocycles. The lowest BCUT2D eigenvalue weighted by atomic mass is 10.1. The van der Waals surface area contributed by atoms with Gasteiger partial charge in [-0.15, -0.1) is 10.2 Å². The average molecular weight is 268 g/mol. The van der Waals surface area contributed by atoms with Gasteiger partial charge in [0, 0.05) is 26.0 Å². The fraction of sp³-hybridized carbons (Fsp3) is 0.214. The van der Waals surface area contributed by atoms with Crippen LogP contribution in [0.1, 0.15) is 11.1 Å². The lowest BCUT2D eigenvalue weighted by Gasteiger charge is -2.07. The van der Waals surface area contributed by atoms with Gasteiger partial charge in [0.15, 0.2) is 5.82 Å². The number of hydrogen-bond acceptors (Lipinski definition) is 5. The molecule has 20 heavy (non-hydrogen) atoms. The van der Waals surface area contributed by atoms with E-state index in [-0.39, 0.29) is 0 Å². The molecule has 102 valence electrons. The molecule has 0 amide bonds. The molecule has 0 atom stereocenters. The molecule has 0 unspecified atom stereocenters. The number of nitrogens with one attached hydrogen (secondary N) is 2. The van der Waals surface area contributed by atoms with Gasteiger partial charge in [0.25, 0.3) is 0 Å². The van der Waals surface area contributed by atoms with Gasteiger partial charge in [0.1, 0.15) is 0 Å². The van der Waals surface area contributed by atoms with Crippen LogP contribution in [0.4, 0.5) is 11.8 Å². The number of hydrogen-bond donors (Lipinski definition) is 2. The van der Waals surface area contributed by atoms with Crippen LogP contribution in [0.3, 0.4) is 0 Å². The molecule has 2 N–H and O–H groups in total. The molecule has 0 saturated heterocycles. The minimum absolute atomic E-state index is 0.695. The second kappa shape index (κ2) is 5.16. The zero-order valence-corrected chi connectivity index (χ0v) is 11.5. The molecule has 0 saturated carbocycles. The smallest absolute Gasteiger partial charge is 0.228 e. The van der Waals surface area contributed by atoms with Gasteiger partial charge in [-0.1, -0.05) is 29.8 Å². The summed E-state index contributed by atoms with van der Waals surface area (Å²) in [6.07, 6.45) is 3.56. The Kier molecular flexibility index (Phi) is 3.20. The predicted octanol–water partition coefficient (Wildman–Crippen LogP) is 2.09. The fourth-order valence-corrected chi connectivity index (χ4v) is 2.01. The molecule has 0 fully saturated rings. The maximum absolute atomic E-state index is 4.32. The molecule has 0 bridgehead atoms. The molecule has 0 spiro atoms. The van der Waals surface area contributed by atoms with Crippen LogP contribution in [0.5, 0.6) is 0 Å². The highest BCUT2D eigenvalue weighted by Crippen LogP contribution is 2.15. The molecule has 2 heterocycles. The van der Waals surface area contributed by atoms with Crippen LogP contribution < -0.4 is 10.6 Å². The Morgan fingerprint density at radius 2 is 1.95 bits per heavy atom. The van der Waals surface area contributed by atoms with Crippen LogP contribution >= 0.6 is 0 Å². The van der Waals surface area contributed by atoms with E-state index < -0.39 is 0 Å². The van der Waals surface area contributed by atoms with Crippen molar-refractivity contribution in [3.8, 4) is 0 Å². The predicted molar refractivity (Wildman–Crippen MR) is 78.8 cm³/mol. The minimum Gasteiger partial charge on any atom is -0.363 e. The molecule has 0 aliphatic carbocycles. The van der Waals surface area contributed by atoms with E-state index in [1.54, 1.807) is 6.20 Å². The van der Waals surface area contributed by atoms with Crippen LogP contribution in [0.2, 0.25) is 0 Å². The van der Waals surface area contributed by atoms with Gasteiger partial charge >= 0.3 is 0 Å². The van der Waals surface area contributed by atoms with Crippen molar-refractivity contribution < 1.29 is 0 Å². The number of aryl methyl sites for hydroxylation is 1. The largest absolute Gasteiger partial charge is 0.363 e. The van der Waals surface area contributed by atoms with Gasteiger partial charge in [-0.05, 0) is 12.5 Å². The number of nitrogens with zero attached hydrogens (tertiary/aromatic N) is 4. The third-order valence-corrected chi connectivity index (χ3v) is 3.13. The van der Waals surface area contributed by atoms with E-state index in [9.17, 15) is 0 Å². The fourth-order valence-electron chi connectivity index (χ4n) is 2.01. The molecule has 3 aromatic rings. The molecule has 2 aromatic heterocycles. The van der Waals surface area contributed by atoms with Crippen LogP contribution in [-0.2, 0) is 6.54 Å². The van der Waals surface area contributed by atoms with E-state index in [4.69, 9.17) is 0 Å². The van der Waals surface area contributed by atoms with Crippen molar-refractivity contribution in [3.63, 3.8) is 0 Å². The molecular weight excluding hydrogens is 252 g/mol. The van der Waals surface area contributed by atoms with Crippen molar-refractivity contribution in [2.45, 2.75) is 13.5 Å². The summed E-state index contributed by atoms with van der Waals surface area (Å²) in [5, 5.41) is 14.5. The molecule has 0 radical (unpaired) electrons. The summed E-state index contributed by atoms with van der Waals surface area (Å²) in [5.41, 5.74) is 3.17. The summed E-state index contributed by atoms with van der Waals surface area (Å²) >= 11 is 0. The number of benzene rings is 1. The zero-order valence-electron chi connectivity index (χ0n) is 11.5. The first-order valence-corrected chi connectivity index (χ1v) is 6.45. The first-order valence-electron chi connectivity index (χ1n) is 6.45. The highest BCUT2D eigenvalue weighted by atomic mass is 15.3. The summed E-state index contributed by atoms with van der Waals surface area (Å²) in [6, 6.07) is 8.40. The summed E-state index contributed by atoms with van der Waals surface area (Å²) in [7, 11) is 1.82. The topological polar surface area (TPSA) is 67.1 Å². The van der Waals surface area contributed by atoms with E-state index in [0.29, 0.717) is 18.1 Å². The van der Waals surface area contributed by atoms with Crippen LogP contribution in [-0.4, -0.2) is 26.6 Å². The monoisotopic (exact) mass is 268 g/mol. The standard InChI is InChI=1S/C14H16N6/c1-10-3-5-11(6-4-10)9-17-12-13-18-19-14(15-2)20(13)8-7-16-12/h3-8H,9H2,1-2H3,(H,15,19)(H,16,17). The number of rotatable bonds is 4. The number of aromatic nitrogens is 4. The van der Waals surface area contributed by atoms with E-state index in [1.807, 2.05) is 17.6 Å². The second-order valence-corrected chi connectivity index (χ2v) is 4.58. The molecule has 3 rings (SSSR count). The van der Waals surface area contributed by atoms with Gasteiger partial charge in [-0.2, -0.15) is 0 Å². The Balaban J connectivity index is 1.84. The SMILES string of the molecule is CNc1nnc2c(NCc3ccc(C)cc3)nccn12. The maximum Gasteiger partial charge on any atom is 0.228 e. The van der Waals surface area contributed by atoms with Crippen molar-refractivity contribution >= 4 is 17.4 Å². The Bertz CT molecular complexity index is 716. The molecular formula is C14H16N6. The Morgan fingerprint density at radius 3 is 2.70 bits per heavy atom. The van der Waals surface area contributed by atoms with Gasteiger partial charge in [-0.25, -0.2) is 4.98 Å². The van der Waals surface area contributed by atoms with E-state index in [1.165, 1.54) is 11.1 Å². The van der Waals surface area contributed by atoms with Gasteiger partial charge in [0.05, 0.1) is 0 Å². The molecule has 0 aliphatic heterocycles. The average Bonchev–Trinajstić information content (AvgIpc) is 2.90. The van der Waals surface area contributed by atoms with Gasteiger partial charge in [-0.3, -0.25) is 4.40 Å². The zero-order chi connectivity index (χ0) is 13.9. The Labute approximate surface area is 116 Å². The van der Waals surface area contributed by atoms with Crippen molar-refractivity contribution in [1.82, 2.24) is 19.6 Å². The van der Waals surface area contributed by atoms with Crippen molar-refractivity contribution in [1.29, 1.82) is 0 Å². The van der Waals surface area contributed by atoms with Crippen molar-refractivity contribution in [2.75, 3.05) is 17.7 Å². The van der Waals surface area contributed by atoms with Crippen molar-refractivity contribution in [3.05, 3.63) is 47.8 Å². The highest BCUT2D eigenvalue weighted by Gasteiger charge is 2.08. The maximum atomic E-state index is 4.32. The molecule has 0 aliphatic rings. The summed E-state index contributed by atoms with van der Waals surface area (Å²) in [5.74, 6) is 1.42. The first kappa shape index (κ1) is 12.4.